The minimum atomic E-state index is -0.937. The molecule has 0 aromatic carbocycles. The Morgan fingerprint density at radius 2 is 2.21 bits per heavy atom. The fourth-order valence-corrected chi connectivity index (χ4v) is 2.32. The monoisotopic (exact) mass is 265 g/mol. The van der Waals surface area contributed by atoms with Crippen molar-refractivity contribution in [3.8, 4) is 0 Å². The smallest absolute Gasteiger partial charge is 0.326 e. The van der Waals surface area contributed by atoms with Crippen molar-refractivity contribution in [3.63, 3.8) is 0 Å². The molecule has 2 rings (SSSR count). The Labute approximate surface area is 111 Å². The van der Waals surface area contributed by atoms with Crippen LogP contribution in [0.1, 0.15) is 55.2 Å². The number of carboxylic acid groups (broad SMARTS) is 1. The lowest BCUT2D eigenvalue weighted by Crippen LogP contribution is -2.48. The summed E-state index contributed by atoms with van der Waals surface area (Å²) < 4.78 is 0. The van der Waals surface area contributed by atoms with Crippen molar-refractivity contribution in [2.24, 2.45) is 0 Å². The van der Waals surface area contributed by atoms with Gasteiger partial charge < -0.3 is 10.0 Å². The van der Waals surface area contributed by atoms with E-state index in [2.05, 4.69) is 10.2 Å². The second-order valence-corrected chi connectivity index (χ2v) is 5.21. The van der Waals surface area contributed by atoms with Crippen LogP contribution in [0, 0.1) is 0 Å². The number of hydrogen-bond donors (Lipinski definition) is 2. The molecule has 6 heteroatoms. The van der Waals surface area contributed by atoms with Gasteiger partial charge in [-0.1, -0.05) is 13.8 Å². The van der Waals surface area contributed by atoms with Crippen LogP contribution in [-0.4, -0.2) is 44.7 Å². The van der Waals surface area contributed by atoms with Gasteiger partial charge >= 0.3 is 5.97 Å². The van der Waals surface area contributed by atoms with E-state index in [1.165, 1.54) is 4.90 Å². The average molecular weight is 265 g/mol. The fourth-order valence-electron chi connectivity index (χ4n) is 2.32. The molecule has 104 valence electrons. The number of aromatic amines is 1. The molecule has 1 aromatic rings. The van der Waals surface area contributed by atoms with Crippen LogP contribution in [0.2, 0.25) is 0 Å². The summed E-state index contributed by atoms with van der Waals surface area (Å²) >= 11 is 0. The highest BCUT2D eigenvalue weighted by molar-refractivity contribution is 5.95. The van der Waals surface area contributed by atoms with E-state index in [1.54, 1.807) is 6.07 Å². The van der Waals surface area contributed by atoms with Crippen molar-refractivity contribution in [3.05, 3.63) is 17.5 Å². The maximum atomic E-state index is 12.3. The summed E-state index contributed by atoms with van der Waals surface area (Å²) in [5.74, 6) is -0.978. The third-order valence-corrected chi connectivity index (χ3v) is 3.49. The zero-order valence-corrected chi connectivity index (χ0v) is 11.2. The number of carboxylic acids is 1. The van der Waals surface area contributed by atoms with E-state index in [0.29, 0.717) is 18.7 Å². The minimum Gasteiger partial charge on any atom is -0.480 e. The molecule has 0 spiro atoms. The number of hydrogen-bond acceptors (Lipinski definition) is 3. The summed E-state index contributed by atoms with van der Waals surface area (Å²) in [6.45, 7) is 4.49. The van der Waals surface area contributed by atoms with E-state index in [1.807, 2.05) is 13.8 Å². The van der Waals surface area contributed by atoms with Crippen molar-refractivity contribution in [1.29, 1.82) is 0 Å². The number of rotatable bonds is 3. The minimum absolute atomic E-state index is 0.255. The lowest BCUT2D eigenvalue weighted by atomic mass is 10.0. The molecule has 1 aromatic heterocycles. The van der Waals surface area contributed by atoms with E-state index in [0.717, 1.165) is 18.5 Å². The van der Waals surface area contributed by atoms with E-state index in [-0.39, 0.29) is 11.8 Å². The number of nitrogens with zero attached hydrogens (tertiary/aromatic N) is 2. The summed E-state index contributed by atoms with van der Waals surface area (Å²) in [6.07, 6.45) is 2.21. The summed E-state index contributed by atoms with van der Waals surface area (Å²) in [5.41, 5.74) is 1.18. The number of carbonyl (C=O) groups is 2. The van der Waals surface area contributed by atoms with Gasteiger partial charge in [-0.25, -0.2) is 4.79 Å². The van der Waals surface area contributed by atoms with E-state index in [4.69, 9.17) is 0 Å². The van der Waals surface area contributed by atoms with Crippen LogP contribution in [-0.2, 0) is 4.79 Å². The van der Waals surface area contributed by atoms with E-state index in [9.17, 15) is 14.7 Å². The Balaban J connectivity index is 2.18. The van der Waals surface area contributed by atoms with Gasteiger partial charge in [0.2, 0.25) is 0 Å². The van der Waals surface area contributed by atoms with Gasteiger partial charge in [-0.3, -0.25) is 9.89 Å². The van der Waals surface area contributed by atoms with Crippen LogP contribution in [0.15, 0.2) is 6.07 Å². The highest BCUT2D eigenvalue weighted by Gasteiger charge is 2.33. The highest BCUT2D eigenvalue weighted by Crippen LogP contribution is 2.20. The summed E-state index contributed by atoms with van der Waals surface area (Å²) in [5, 5.41) is 16.0. The number of piperidine rings is 1. The molecule has 1 atom stereocenters. The van der Waals surface area contributed by atoms with Crippen molar-refractivity contribution in [2.45, 2.75) is 45.1 Å². The second kappa shape index (κ2) is 5.42. The number of aliphatic carboxylic acids is 1. The van der Waals surface area contributed by atoms with Crippen LogP contribution in [0.25, 0.3) is 0 Å². The van der Waals surface area contributed by atoms with Crippen LogP contribution >= 0.6 is 0 Å². The predicted octanol–water partition coefficient (Wildman–Crippen LogP) is 1.61. The summed E-state index contributed by atoms with van der Waals surface area (Å²) in [4.78, 5) is 24.9. The quantitative estimate of drug-likeness (QED) is 0.869. The van der Waals surface area contributed by atoms with E-state index < -0.39 is 12.0 Å². The Morgan fingerprint density at radius 1 is 1.47 bits per heavy atom. The summed E-state index contributed by atoms with van der Waals surface area (Å²) in [7, 11) is 0. The first-order chi connectivity index (χ1) is 9.00. The molecule has 1 saturated heterocycles. The SMILES string of the molecule is CC(C)c1cc(C(=O)N2CCCCC2C(=O)O)n[nH]1. The van der Waals surface area contributed by atoms with Gasteiger partial charge in [0.1, 0.15) is 11.7 Å². The Bertz CT molecular complexity index is 481. The number of carbonyl (C=O) groups excluding carboxylic acids is 1. The molecule has 2 N–H and O–H groups in total. The standard InChI is InChI=1S/C13H19N3O3/c1-8(2)9-7-10(15-14-9)12(17)16-6-4-3-5-11(16)13(18)19/h7-8,11H,3-6H2,1-2H3,(H,14,15)(H,18,19). The van der Waals surface area contributed by atoms with Gasteiger partial charge in [-0.15, -0.1) is 0 Å². The summed E-state index contributed by atoms with van der Waals surface area (Å²) in [6, 6.07) is 0.987. The Kier molecular flexibility index (Phi) is 3.87. The lowest BCUT2D eigenvalue weighted by molar-refractivity contribution is -0.143. The third kappa shape index (κ3) is 2.77. The molecule has 1 aliphatic heterocycles. The van der Waals surface area contributed by atoms with Crippen LogP contribution in [0.3, 0.4) is 0 Å². The van der Waals surface area contributed by atoms with Crippen molar-refractivity contribution in [2.75, 3.05) is 6.54 Å². The first kappa shape index (κ1) is 13.6. The van der Waals surface area contributed by atoms with Gasteiger partial charge in [0, 0.05) is 12.2 Å². The molecule has 0 saturated carbocycles. The van der Waals surface area contributed by atoms with E-state index >= 15 is 0 Å². The molecule has 0 radical (unpaired) electrons. The number of H-pyrrole nitrogens is 1. The van der Waals surface area contributed by atoms with Crippen LogP contribution in [0.4, 0.5) is 0 Å². The number of nitrogens with one attached hydrogen (secondary N) is 1. The molecule has 0 bridgehead atoms. The maximum absolute atomic E-state index is 12.3. The molecule has 2 heterocycles. The lowest BCUT2D eigenvalue weighted by Gasteiger charge is -2.32. The van der Waals surface area contributed by atoms with Crippen molar-refractivity contribution in [1.82, 2.24) is 15.1 Å². The molecular formula is C13H19N3O3. The van der Waals surface area contributed by atoms with Gasteiger partial charge in [0.15, 0.2) is 0 Å². The molecule has 19 heavy (non-hydrogen) atoms. The molecule has 1 unspecified atom stereocenters. The van der Waals surface area contributed by atoms with Gasteiger partial charge in [0.25, 0.3) is 5.91 Å². The normalized spacial score (nSPS) is 19.7. The molecule has 6 nitrogen and oxygen atoms in total. The van der Waals surface area contributed by atoms with Crippen LogP contribution < -0.4 is 0 Å². The topological polar surface area (TPSA) is 86.3 Å². The largest absolute Gasteiger partial charge is 0.480 e. The molecule has 1 aliphatic rings. The van der Waals surface area contributed by atoms with Crippen LogP contribution in [0.5, 0.6) is 0 Å². The van der Waals surface area contributed by atoms with Gasteiger partial charge in [-0.2, -0.15) is 5.10 Å². The average Bonchev–Trinajstić information content (AvgIpc) is 2.87. The predicted molar refractivity (Wildman–Crippen MR) is 69.0 cm³/mol. The zero-order chi connectivity index (χ0) is 14.0. The Hall–Kier alpha value is -1.85. The van der Waals surface area contributed by atoms with Gasteiger partial charge in [0.05, 0.1) is 0 Å². The maximum Gasteiger partial charge on any atom is 0.326 e. The highest BCUT2D eigenvalue weighted by atomic mass is 16.4. The van der Waals surface area contributed by atoms with Crippen molar-refractivity contribution < 1.29 is 14.7 Å². The van der Waals surface area contributed by atoms with Gasteiger partial charge in [-0.05, 0) is 31.2 Å². The Morgan fingerprint density at radius 3 is 2.79 bits per heavy atom. The molecule has 1 amide bonds. The zero-order valence-electron chi connectivity index (χ0n) is 11.2. The first-order valence-electron chi connectivity index (χ1n) is 6.59. The number of likely N-dealkylation sites (tertiary alicyclic amines) is 1. The van der Waals surface area contributed by atoms with Crippen molar-refractivity contribution >= 4 is 11.9 Å². The fraction of sp³-hybridized carbons (Fsp3) is 0.615. The molecular weight excluding hydrogens is 246 g/mol. The number of amides is 1. The number of aromatic nitrogens is 2. The second-order valence-electron chi connectivity index (χ2n) is 5.21. The molecule has 1 fully saturated rings. The molecule has 0 aliphatic carbocycles. The third-order valence-electron chi connectivity index (χ3n) is 3.49. The first-order valence-corrected chi connectivity index (χ1v) is 6.59.